The number of hydrogen-bond donors (Lipinski definition) is 1. The standard InChI is InChI=1S/C11H14O3/c1-8-6-10(14-2)7-9(11(8)13)4-3-5-12/h5-7,13H,3-4H2,1-2H3. The van der Waals surface area contributed by atoms with Gasteiger partial charge in [0.25, 0.3) is 0 Å². The summed E-state index contributed by atoms with van der Waals surface area (Å²) in [5.74, 6) is 0.967. The fraction of sp³-hybridized carbons (Fsp3) is 0.364. The molecular formula is C11H14O3. The highest BCUT2D eigenvalue weighted by Gasteiger charge is 2.06. The van der Waals surface area contributed by atoms with Crippen LogP contribution in [0.3, 0.4) is 0 Å². The molecule has 76 valence electrons. The van der Waals surface area contributed by atoms with Gasteiger partial charge in [-0.2, -0.15) is 0 Å². The lowest BCUT2D eigenvalue weighted by Gasteiger charge is -2.08. The molecule has 0 amide bonds. The molecule has 0 radical (unpaired) electrons. The molecule has 1 aromatic carbocycles. The van der Waals surface area contributed by atoms with Gasteiger partial charge in [-0.25, -0.2) is 0 Å². The van der Waals surface area contributed by atoms with Gasteiger partial charge < -0.3 is 14.6 Å². The molecule has 0 aliphatic carbocycles. The molecule has 0 saturated carbocycles. The van der Waals surface area contributed by atoms with E-state index in [1.807, 2.05) is 6.92 Å². The van der Waals surface area contributed by atoms with Crippen molar-refractivity contribution in [2.75, 3.05) is 7.11 Å². The summed E-state index contributed by atoms with van der Waals surface area (Å²) in [4.78, 5) is 10.2. The van der Waals surface area contributed by atoms with Gasteiger partial charge in [0.05, 0.1) is 7.11 Å². The first-order valence-corrected chi connectivity index (χ1v) is 4.49. The Morgan fingerprint density at radius 1 is 1.50 bits per heavy atom. The van der Waals surface area contributed by atoms with E-state index in [4.69, 9.17) is 4.74 Å². The minimum absolute atomic E-state index is 0.257. The van der Waals surface area contributed by atoms with E-state index in [-0.39, 0.29) is 5.75 Å². The lowest BCUT2D eigenvalue weighted by atomic mass is 10.0. The third-order valence-electron chi connectivity index (χ3n) is 2.12. The third-order valence-corrected chi connectivity index (χ3v) is 2.12. The molecule has 0 fully saturated rings. The first kappa shape index (κ1) is 10.6. The summed E-state index contributed by atoms with van der Waals surface area (Å²) in [5.41, 5.74) is 1.53. The number of aryl methyl sites for hydroxylation is 2. The van der Waals surface area contributed by atoms with Crippen molar-refractivity contribution in [2.45, 2.75) is 19.8 Å². The molecule has 0 spiro atoms. The van der Waals surface area contributed by atoms with Crippen LogP contribution < -0.4 is 4.74 Å². The first-order valence-electron chi connectivity index (χ1n) is 4.49. The number of aldehydes is 1. The summed E-state index contributed by atoms with van der Waals surface area (Å²) in [5, 5.41) is 9.67. The Labute approximate surface area is 83.3 Å². The Hall–Kier alpha value is -1.51. The molecule has 0 aromatic heterocycles. The molecule has 1 aromatic rings. The minimum atomic E-state index is 0.257. The summed E-state index contributed by atoms with van der Waals surface area (Å²) < 4.78 is 5.07. The van der Waals surface area contributed by atoms with Crippen LogP contribution in [0.1, 0.15) is 17.5 Å². The van der Waals surface area contributed by atoms with Gasteiger partial charge in [-0.15, -0.1) is 0 Å². The maximum Gasteiger partial charge on any atom is 0.121 e. The number of aromatic hydroxyl groups is 1. The van der Waals surface area contributed by atoms with Crippen molar-refractivity contribution < 1.29 is 14.6 Å². The highest BCUT2D eigenvalue weighted by atomic mass is 16.5. The van der Waals surface area contributed by atoms with Crippen LogP contribution in [0.5, 0.6) is 11.5 Å². The normalized spacial score (nSPS) is 9.86. The number of carbonyl (C=O) groups is 1. The molecule has 0 atom stereocenters. The number of methoxy groups -OCH3 is 1. The summed E-state index contributed by atoms with van der Waals surface area (Å²) in [7, 11) is 1.58. The zero-order valence-corrected chi connectivity index (χ0v) is 8.41. The van der Waals surface area contributed by atoms with E-state index in [0.29, 0.717) is 18.6 Å². The summed E-state index contributed by atoms with van der Waals surface area (Å²) >= 11 is 0. The quantitative estimate of drug-likeness (QED) is 0.744. The number of benzene rings is 1. The Kier molecular flexibility index (Phi) is 3.51. The van der Waals surface area contributed by atoms with Gasteiger partial charge in [0.15, 0.2) is 0 Å². The van der Waals surface area contributed by atoms with Crippen LogP contribution >= 0.6 is 0 Å². The lowest BCUT2D eigenvalue weighted by molar-refractivity contribution is -0.107. The van der Waals surface area contributed by atoms with Crippen LogP contribution in [0.4, 0.5) is 0 Å². The number of ether oxygens (including phenoxy) is 1. The van der Waals surface area contributed by atoms with Crippen molar-refractivity contribution in [3.63, 3.8) is 0 Å². The van der Waals surface area contributed by atoms with Gasteiger partial charge in [0.1, 0.15) is 17.8 Å². The Morgan fingerprint density at radius 3 is 2.79 bits per heavy atom. The van der Waals surface area contributed by atoms with Crippen molar-refractivity contribution in [1.82, 2.24) is 0 Å². The second kappa shape index (κ2) is 4.65. The number of hydrogen-bond acceptors (Lipinski definition) is 3. The second-order valence-corrected chi connectivity index (χ2v) is 3.16. The fourth-order valence-electron chi connectivity index (χ4n) is 1.34. The molecule has 1 N–H and O–H groups in total. The molecule has 0 aliphatic rings. The number of carbonyl (C=O) groups excluding carboxylic acids is 1. The van der Waals surface area contributed by atoms with Gasteiger partial charge in [0.2, 0.25) is 0 Å². The maximum atomic E-state index is 10.2. The molecule has 3 nitrogen and oxygen atoms in total. The molecule has 0 heterocycles. The molecule has 0 aliphatic heterocycles. The van der Waals surface area contributed by atoms with Crippen molar-refractivity contribution in [2.24, 2.45) is 0 Å². The van der Waals surface area contributed by atoms with Crippen LogP contribution in [0.15, 0.2) is 12.1 Å². The van der Waals surface area contributed by atoms with Crippen molar-refractivity contribution in [1.29, 1.82) is 0 Å². The largest absolute Gasteiger partial charge is 0.507 e. The number of phenolic OH excluding ortho intramolecular Hbond substituents is 1. The first-order chi connectivity index (χ1) is 6.69. The van der Waals surface area contributed by atoms with E-state index in [0.717, 1.165) is 17.4 Å². The SMILES string of the molecule is COc1cc(C)c(O)c(CCC=O)c1. The lowest BCUT2D eigenvalue weighted by Crippen LogP contribution is -1.92. The topological polar surface area (TPSA) is 46.5 Å². The third kappa shape index (κ3) is 2.25. The predicted octanol–water partition coefficient (Wildman–Crippen LogP) is 1.84. The molecule has 14 heavy (non-hydrogen) atoms. The monoisotopic (exact) mass is 194 g/mol. The van der Waals surface area contributed by atoms with Gasteiger partial charge in [0, 0.05) is 6.42 Å². The Morgan fingerprint density at radius 2 is 2.21 bits per heavy atom. The summed E-state index contributed by atoms with van der Waals surface area (Å²) in [6.45, 7) is 1.81. The van der Waals surface area contributed by atoms with Crippen molar-refractivity contribution in [3.05, 3.63) is 23.3 Å². The average molecular weight is 194 g/mol. The zero-order chi connectivity index (χ0) is 10.6. The fourth-order valence-corrected chi connectivity index (χ4v) is 1.34. The van der Waals surface area contributed by atoms with Crippen LogP contribution in [0, 0.1) is 6.92 Å². The minimum Gasteiger partial charge on any atom is -0.507 e. The smallest absolute Gasteiger partial charge is 0.121 e. The Bertz CT molecular complexity index is 332. The van der Waals surface area contributed by atoms with E-state index in [1.165, 1.54) is 0 Å². The molecular weight excluding hydrogens is 180 g/mol. The van der Waals surface area contributed by atoms with E-state index in [1.54, 1.807) is 19.2 Å². The second-order valence-electron chi connectivity index (χ2n) is 3.16. The predicted molar refractivity (Wildman–Crippen MR) is 53.8 cm³/mol. The molecule has 0 unspecified atom stereocenters. The summed E-state index contributed by atoms with van der Waals surface area (Å²) in [6.07, 6.45) is 1.81. The van der Waals surface area contributed by atoms with E-state index >= 15 is 0 Å². The van der Waals surface area contributed by atoms with Crippen LogP contribution in [-0.2, 0) is 11.2 Å². The van der Waals surface area contributed by atoms with E-state index < -0.39 is 0 Å². The van der Waals surface area contributed by atoms with Gasteiger partial charge >= 0.3 is 0 Å². The van der Waals surface area contributed by atoms with E-state index in [2.05, 4.69) is 0 Å². The molecule has 0 bridgehead atoms. The van der Waals surface area contributed by atoms with Gasteiger partial charge in [-0.3, -0.25) is 0 Å². The molecule has 1 rings (SSSR count). The number of rotatable bonds is 4. The zero-order valence-electron chi connectivity index (χ0n) is 8.41. The highest BCUT2D eigenvalue weighted by Crippen LogP contribution is 2.28. The number of phenols is 1. The van der Waals surface area contributed by atoms with Crippen molar-refractivity contribution in [3.8, 4) is 11.5 Å². The van der Waals surface area contributed by atoms with Crippen LogP contribution in [0.25, 0.3) is 0 Å². The average Bonchev–Trinajstić information content (AvgIpc) is 2.20. The molecule has 0 saturated heterocycles. The van der Waals surface area contributed by atoms with Gasteiger partial charge in [-0.1, -0.05) is 0 Å². The van der Waals surface area contributed by atoms with E-state index in [9.17, 15) is 9.90 Å². The Balaban J connectivity index is 3.00. The van der Waals surface area contributed by atoms with Gasteiger partial charge in [-0.05, 0) is 36.6 Å². The summed E-state index contributed by atoms with van der Waals surface area (Å²) in [6, 6.07) is 3.52. The van der Waals surface area contributed by atoms with Crippen LogP contribution in [0.2, 0.25) is 0 Å². The van der Waals surface area contributed by atoms with Crippen molar-refractivity contribution >= 4 is 6.29 Å². The van der Waals surface area contributed by atoms with Crippen LogP contribution in [-0.4, -0.2) is 18.5 Å². The highest BCUT2D eigenvalue weighted by molar-refractivity contribution is 5.52. The molecule has 3 heteroatoms. The maximum absolute atomic E-state index is 10.2.